The molecule has 0 radical (unpaired) electrons. The summed E-state index contributed by atoms with van der Waals surface area (Å²) in [5, 5.41) is 0. The predicted molar refractivity (Wildman–Crippen MR) is 59.7 cm³/mol. The first-order valence-electron chi connectivity index (χ1n) is 4.93. The van der Waals surface area contributed by atoms with Crippen LogP contribution in [0.3, 0.4) is 0 Å². The summed E-state index contributed by atoms with van der Waals surface area (Å²) in [6, 6.07) is 0. The largest absolute Gasteiger partial charge is 0.468 e. The SMILES string of the molecule is COC(=O)C(C)(CC=C=C(C)C)C(=O)OC. The lowest BCUT2D eigenvalue weighted by Gasteiger charge is -2.21. The second-order valence-electron chi connectivity index (χ2n) is 3.87. The number of esters is 2. The third kappa shape index (κ3) is 3.55. The van der Waals surface area contributed by atoms with Crippen LogP contribution in [0, 0.1) is 5.41 Å². The summed E-state index contributed by atoms with van der Waals surface area (Å²) in [5.41, 5.74) is 2.61. The van der Waals surface area contributed by atoms with Crippen molar-refractivity contribution < 1.29 is 19.1 Å². The molecule has 0 saturated heterocycles. The van der Waals surface area contributed by atoms with Crippen molar-refractivity contribution in [2.75, 3.05) is 14.2 Å². The summed E-state index contributed by atoms with van der Waals surface area (Å²) < 4.78 is 9.20. The van der Waals surface area contributed by atoms with Gasteiger partial charge in [0, 0.05) is 0 Å². The summed E-state index contributed by atoms with van der Waals surface area (Å²) >= 11 is 0. The Morgan fingerprint density at radius 2 is 1.62 bits per heavy atom. The van der Waals surface area contributed by atoms with E-state index >= 15 is 0 Å². The maximum Gasteiger partial charge on any atom is 0.323 e. The van der Waals surface area contributed by atoms with Crippen LogP contribution in [0.15, 0.2) is 17.4 Å². The van der Waals surface area contributed by atoms with Crippen molar-refractivity contribution in [2.24, 2.45) is 5.41 Å². The van der Waals surface area contributed by atoms with Crippen LogP contribution in [0.4, 0.5) is 0 Å². The summed E-state index contributed by atoms with van der Waals surface area (Å²) in [6.45, 7) is 5.25. The van der Waals surface area contributed by atoms with E-state index in [1.54, 1.807) is 6.08 Å². The van der Waals surface area contributed by atoms with Gasteiger partial charge in [-0.05, 0) is 38.8 Å². The van der Waals surface area contributed by atoms with E-state index in [1.165, 1.54) is 21.1 Å². The lowest BCUT2D eigenvalue weighted by Crippen LogP contribution is -2.38. The molecular formula is C12H18O4. The molecule has 90 valence electrons. The zero-order valence-electron chi connectivity index (χ0n) is 10.4. The molecule has 0 amide bonds. The van der Waals surface area contributed by atoms with Gasteiger partial charge in [0.2, 0.25) is 0 Å². The van der Waals surface area contributed by atoms with Crippen LogP contribution in [0.5, 0.6) is 0 Å². The highest BCUT2D eigenvalue weighted by Crippen LogP contribution is 2.25. The zero-order chi connectivity index (χ0) is 12.8. The Balaban J connectivity index is 5.03. The Labute approximate surface area is 95.9 Å². The lowest BCUT2D eigenvalue weighted by molar-refractivity contribution is -0.167. The van der Waals surface area contributed by atoms with Crippen LogP contribution in [0.25, 0.3) is 0 Å². The highest BCUT2D eigenvalue weighted by atomic mass is 16.5. The maximum atomic E-state index is 11.5. The average Bonchev–Trinajstić information content (AvgIpc) is 2.25. The fraction of sp³-hybridized carbons (Fsp3) is 0.583. The molecule has 0 N–H and O–H groups in total. The van der Waals surface area contributed by atoms with E-state index in [1.807, 2.05) is 13.8 Å². The number of hydrogen-bond donors (Lipinski definition) is 0. The van der Waals surface area contributed by atoms with Gasteiger partial charge in [-0.2, -0.15) is 0 Å². The van der Waals surface area contributed by atoms with E-state index in [-0.39, 0.29) is 6.42 Å². The second-order valence-corrected chi connectivity index (χ2v) is 3.87. The second kappa shape index (κ2) is 6.13. The minimum absolute atomic E-state index is 0.206. The summed E-state index contributed by atoms with van der Waals surface area (Å²) in [4.78, 5) is 23.1. The number of rotatable bonds is 4. The standard InChI is InChI=1S/C12H18O4/c1-9(2)7-6-8-12(3,10(13)15-4)11(14)16-5/h6H,8H2,1-5H3. The first kappa shape index (κ1) is 14.5. The van der Waals surface area contributed by atoms with Crippen molar-refractivity contribution in [2.45, 2.75) is 27.2 Å². The third-order valence-corrected chi connectivity index (χ3v) is 2.17. The van der Waals surface area contributed by atoms with E-state index in [9.17, 15) is 9.59 Å². The van der Waals surface area contributed by atoms with E-state index in [2.05, 4.69) is 15.2 Å². The smallest absolute Gasteiger partial charge is 0.323 e. The molecule has 0 atom stereocenters. The molecule has 0 bridgehead atoms. The molecule has 0 rings (SSSR count). The van der Waals surface area contributed by atoms with Crippen molar-refractivity contribution in [3.05, 3.63) is 17.4 Å². The molecule has 4 heteroatoms. The Hall–Kier alpha value is -1.54. The number of ether oxygens (including phenoxy) is 2. The van der Waals surface area contributed by atoms with E-state index < -0.39 is 17.4 Å². The molecule has 0 aromatic rings. The molecule has 0 aliphatic rings. The fourth-order valence-corrected chi connectivity index (χ4v) is 1.16. The minimum Gasteiger partial charge on any atom is -0.468 e. The zero-order valence-corrected chi connectivity index (χ0v) is 10.4. The average molecular weight is 226 g/mol. The quantitative estimate of drug-likeness (QED) is 0.417. The topological polar surface area (TPSA) is 52.6 Å². The third-order valence-electron chi connectivity index (χ3n) is 2.17. The lowest BCUT2D eigenvalue weighted by atomic mass is 9.87. The predicted octanol–water partition coefficient (Wildman–Crippen LogP) is 1.85. The molecule has 4 nitrogen and oxygen atoms in total. The van der Waals surface area contributed by atoms with Crippen molar-refractivity contribution in [1.29, 1.82) is 0 Å². The van der Waals surface area contributed by atoms with Crippen LogP contribution in [0.1, 0.15) is 27.2 Å². The Bertz CT molecular complexity index is 315. The van der Waals surface area contributed by atoms with E-state index in [0.717, 1.165) is 5.57 Å². The maximum absolute atomic E-state index is 11.5. The molecule has 0 spiro atoms. The van der Waals surface area contributed by atoms with Gasteiger partial charge in [0.15, 0.2) is 5.41 Å². The number of carbonyl (C=O) groups is 2. The van der Waals surface area contributed by atoms with E-state index in [0.29, 0.717) is 0 Å². The first-order chi connectivity index (χ1) is 7.38. The molecule has 0 heterocycles. The van der Waals surface area contributed by atoms with Crippen molar-refractivity contribution in [3.63, 3.8) is 0 Å². The Kier molecular flexibility index (Phi) is 5.54. The van der Waals surface area contributed by atoms with Crippen molar-refractivity contribution in [3.8, 4) is 0 Å². The molecule has 0 aromatic heterocycles. The molecule has 16 heavy (non-hydrogen) atoms. The molecule has 0 unspecified atom stereocenters. The van der Waals surface area contributed by atoms with Gasteiger partial charge >= 0.3 is 11.9 Å². The van der Waals surface area contributed by atoms with Gasteiger partial charge in [0.05, 0.1) is 14.2 Å². The monoisotopic (exact) mass is 226 g/mol. The number of methoxy groups -OCH3 is 2. The van der Waals surface area contributed by atoms with Crippen LogP contribution < -0.4 is 0 Å². The van der Waals surface area contributed by atoms with Crippen molar-refractivity contribution >= 4 is 11.9 Å². The fourth-order valence-electron chi connectivity index (χ4n) is 1.16. The van der Waals surface area contributed by atoms with Gasteiger partial charge in [0.1, 0.15) is 0 Å². The summed E-state index contributed by atoms with van der Waals surface area (Å²) in [5.74, 6) is -1.21. The summed E-state index contributed by atoms with van der Waals surface area (Å²) in [6.07, 6.45) is 1.85. The van der Waals surface area contributed by atoms with Crippen molar-refractivity contribution in [1.82, 2.24) is 0 Å². The highest BCUT2D eigenvalue weighted by molar-refractivity contribution is 5.99. The van der Waals surface area contributed by atoms with E-state index in [4.69, 9.17) is 0 Å². The van der Waals surface area contributed by atoms with Gasteiger partial charge < -0.3 is 9.47 Å². The minimum atomic E-state index is -1.30. The number of allylic oxidation sites excluding steroid dienone is 1. The number of carbonyl (C=O) groups excluding carboxylic acids is 2. The normalized spacial score (nSPS) is 10.1. The molecule has 0 aliphatic carbocycles. The van der Waals surface area contributed by atoms with Gasteiger partial charge in [-0.1, -0.05) is 0 Å². The van der Waals surface area contributed by atoms with Gasteiger partial charge in [-0.3, -0.25) is 9.59 Å². The first-order valence-corrected chi connectivity index (χ1v) is 4.93. The van der Waals surface area contributed by atoms with Gasteiger partial charge in [0.25, 0.3) is 0 Å². The Morgan fingerprint density at radius 3 is 1.94 bits per heavy atom. The molecule has 0 fully saturated rings. The van der Waals surface area contributed by atoms with Crippen LogP contribution in [0.2, 0.25) is 0 Å². The molecule has 0 saturated carbocycles. The molecular weight excluding hydrogens is 208 g/mol. The Morgan fingerprint density at radius 1 is 1.19 bits per heavy atom. The highest BCUT2D eigenvalue weighted by Gasteiger charge is 2.42. The molecule has 0 aliphatic heterocycles. The van der Waals surface area contributed by atoms with Crippen LogP contribution in [-0.2, 0) is 19.1 Å². The van der Waals surface area contributed by atoms with Crippen LogP contribution in [-0.4, -0.2) is 26.2 Å². The number of hydrogen-bond acceptors (Lipinski definition) is 4. The van der Waals surface area contributed by atoms with Gasteiger partial charge in [-0.15, -0.1) is 5.73 Å². The van der Waals surface area contributed by atoms with Crippen LogP contribution >= 0.6 is 0 Å². The summed E-state index contributed by atoms with van der Waals surface area (Å²) in [7, 11) is 2.49. The molecule has 0 aromatic carbocycles. The van der Waals surface area contributed by atoms with Gasteiger partial charge in [-0.25, -0.2) is 0 Å².